The number of hydrogen-bond donors (Lipinski definition) is 2. The number of amides is 2. The number of carbonyl (C=O) groups excluding carboxylic acids is 2. The van der Waals surface area contributed by atoms with Crippen molar-refractivity contribution in [2.45, 2.75) is 44.1 Å². The van der Waals surface area contributed by atoms with Crippen LogP contribution >= 0.6 is 0 Å². The number of carbonyl (C=O) groups is 2. The lowest BCUT2D eigenvalue weighted by Crippen LogP contribution is -2.51. The number of piperidine rings is 1. The zero-order valence-electron chi connectivity index (χ0n) is 11.6. The summed E-state index contributed by atoms with van der Waals surface area (Å²) in [6.45, 7) is 0.588. The fourth-order valence-corrected chi connectivity index (χ4v) is 2.65. The Kier molecular flexibility index (Phi) is 3.42. The van der Waals surface area contributed by atoms with Gasteiger partial charge in [0.15, 0.2) is 0 Å². The number of likely N-dealkylation sites (tertiary alicyclic amines) is 1. The molecule has 2 amide bonds. The molecule has 1 saturated carbocycles. The quantitative estimate of drug-likeness (QED) is 0.838. The number of hydrogen-bond acceptors (Lipinski definition) is 4. The van der Waals surface area contributed by atoms with E-state index in [0.717, 1.165) is 31.5 Å². The molecular weight excluding hydrogens is 258 g/mol. The molecule has 1 aromatic heterocycles. The van der Waals surface area contributed by atoms with Crippen molar-refractivity contribution in [2.24, 2.45) is 0 Å². The first-order valence-electron chi connectivity index (χ1n) is 7.15. The second-order valence-corrected chi connectivity index (χ2v) is 5.44. The zero-order valence-corrected chi connectivity index (χ0v) is 11.6. The monoisotopic (exact) mass is 277 g/mol. The molecule has 1 aromatic rings. The SMILES string of the molecule is CNC(=O)C1CCCCN1C(=O)c1n[nH]c(C2CC2)n1. The second kappa shape index (κ2) is 5.22. The molecule has 1 atom stereocenters. The van der Waals surface area contributed by atoms with Gasteiger partial charge in [-0.2, -0.15) is 0 Å². The van der Waals surface area contributed by atoms with Gasteiger partial charge >= 0.3 is 0 Å². The van der Waals surface area contributed by atoms with Gasteiger partial charge in [0.2, 0.25) is 11.7 Å². The van der Waals surface area contributed by atoms with Gasteiger partial charge in [0.25, 0.3) is 5.91 Å². The molecule has 0 spiro atoms. The van der Waals surface area contributed by atoms with E-state index in [4.69, 9.17) is 0 Å². The molecule has 1 unspecified atom stereocenters. The lowest BCUT2D eigenvalue weighted by atomic mass is 10.0. The van der Waals surface area contributed by atoms with Crippen molar-refractivity contribution < 1.29 is 9.59 Å². The molecule has 1 aliphatic carbocycles. The molecule has 7 nitrogen and oxygen atoms in total. The van der Waals surface area contributed by atoms with Crippen LogP contribution in [-0.2, 0) is 4.79 Å². The smallest absolute Gasteiger partial charge is 0.294 e. The summed E-state index contributed by atoms with van der Waals surface area (Å²) in [5, 5.41) is 9.47. The van der Waals surface area contributed by atoms with Crippen molar-refractivity contribution in [1.29, 1.82) is 0 Å². The summed E-state index contributed by atoms with van der Waals surface area (Å²) in [6.07, 6.45) is 4.79. The largest absolute Gasteiger partial charge is 0.357 e. The van der Waals surface area contributed by atoms with E-state index in [1.807, 2.05) is 0 Å². The minimum absolute atomic E-state index is 0.115. The van der Waals surface area contributed by atoms with E-state index in [1.165, 1.54) is 0 Å². The first kappa shape index (κ1) is 13.1. The minimum Gasteiger partial charge on any atom is -0.357 e. The van der Waals surface area contributed by atoms with E-state index in [0.29, 0.717) is 18.9 Å². The number of nitrogens with zero attached hydrogens (tertiary/aromatic N) is 3. The third-order valence-corrected chi connectivity index (χ3v) is 3.97. The van der Waals surface area contributed by atoms with Crippen LogP contribution in [0.4, 0.5) is 0 Å². The molecule has 0 aromatic carbocycles. The van der Waals surface area contributed by atoms with Crippen LogP contribution < -0.4 is 5.32 Å². The summed E-state index contributed by atoms with van der Waals surface area (Å²) < 4.78 is 0. The van der Waals surface area contributed by atoms with Gasteiger partial charge < -0.3 is 10.2 Å². The normalized spacial score (nSPS) is 22.6. The number of aromatic nitrogens is 3. The molecule has 2 heterocycles. The summed E-state index contributed by atoms with van der Waals surface area (Å²) in [4.78, 5) is 30.2. The first-order chi connectivity index (χ1) is 9.70. The van der Waals surface area contributed by atoms with Crippen molar-refractivity contribution in [3.63, 3.8) is 0 Å². The third kappa shape index (κ3) is 2.39. The third-order valence-electron chi connectivity index (χ3n) is 3.97. The van der Waals surface area contributed by atoms with Crippen LogP contribution in [0, 0.1) is 0 Å². The van der Waals surface area contributed by atoms with Crippen LogP contribution in [0.3, 0.4) is 0 Å². The van der Waals surface area contributed by atoms with Gasteiger partial charge in [0, 0.05) is 19.5 Å². The predicted octanol–water partition coefficient (Wildman–Crippen LogP) is 0.423. The molecule has 2 N–H and O–H groups in total. The van der Waals surface area contributed by atoms with E-state index in [9.17, 15) is 9.59 Å². The summed E-state index contributed by atoms with van der Waals surface area (Å²) in [7, 11) is 1.59. The van der Waals surface area contributed by atoms with Crippen molar-refractivity contribution in [3.05, 3.63) is 11.6 Å². The van der Waals surface area contributed by atoms with Crippen LogP contribution in [0.25, 0.3) is 0 Å². The lowest BCUT2D eigenvalue weighted by molar-refractivity contribution is -0.126. The van der Waals surface area contributed by atoms with E-state index in [1.54, 1.807) is 11.9 Å². The maximum absolute atomic E-state index is 12.5. The number of H-pyrrole nitrogens is 1. The van der Waals surface area contributed by atoms with Gasteiger partial charge in [0.1, 0.15) is 11.9 Å². The number of aromatic amines is 1. The van der Waals surface area contributed by atoms with Crippen LogP contribution in [0.1, 0.15) is 54.5 Å². The van der Waals surface area contributed by atoms with Crippen molar-refractivity contribution in [2.75, 3.05) is 13.6 Å². The van der Waals surface area contributed by atoms with Crippen molar-refractivity contribution >= 4 is 11.8 Å². The Morgan fingerprint density at radius 1 is 1.30 bits per heavy atom. The lowest BCUT2D eigenvalue weighted by Gasteiger charge is -2.33. The van der Waals surface area contributed by atoms with Gasteiger partial charge in [-0.25, -0.2) is 4.98 Å². The van der Waals surface area contributed by atoms with E-state index in [2.05, 4.69) is 20.5 Å². The Bertz CT molecular complexity index is 523. The van der Waals surface area contributed by atoms with Gasteiger partial charge in [-0.3, -0.25) is 14.7 Å². The summed E-state index contributed by atoms with van der Waals surface area (Å²) >= 11 is 0. The molecule has 0 bridgehead atoms. The number of likely N-dealkylation sites (N-methyl/N-ethyl adjacent to an activating group) is 1. The molecule has 2 fully saturated rings. The average Bonchev–Trinajstić information content (AvgIpc) is 3.23. The zero-order chi connectivity index (χ0) is 14.1. The molecule has 7 heteroatoms. The Morgan fingerprint density at radius 2 is 2.10 bits per heavy atom. The molecule has 3 rings (SSSR count). The summed E-state index contributed by atoms with van der Waals surface area (Å²) in [5.41, 5.74) is 0. The van der Waals surface area contributed by atoms with Gasteiger partial charge in [-0.15, -0.1) is 5.10 Å². The highest BCUT2D eigenvalue weighted by atomic mass is 16.2. The van der Waals surface area contributed by atoms with Gasteiger partial charge in [-0.1, -0.05) is 0 Å². The van der Waals surface area contributed by atoms with Gasteiger partial charge in [-0.05, 0) is 32.1 Å². The van der Waals surface area contributed by atoms with E-state index >= 15 is 0 Å². The van der Waals surface area contributed by atoms with Crippen LogP contribution in [0.2, 0.25) is 0 Å². The second-order valence-electron chi connectivity index (χ2n) is 5.44. The molecule has 20 heavy (non-hydrogen) atoms. The molecule has 0 radical (unpaired) electrons. The first-order valence-corrected chi connectivity index (χ1v) is 7.15. The fraction of sp³-hybridized carbons (Fsp3) is 0.692. The van der Waals surface area contributed by atoms with Crippen LogP contribution in [-0.4, -0.2) is 51.5 Å². The Hall–Kier alpha value is -1.92. The Morgan fingerprint density at radius 3 is 2.80 bits per heavy atom. The molecule has 108 valence electrons. The maximum atomic E-state index is 12.5. The van der Waals surface area contributed by atoms with Crippen molar-refractivity contribution in [3.8, 4) is 0 Å². The number of rotatable bonds is 3. The highest BCUT2D eigenvalue weighted by molar-refractivity contribution is 5.94. The number of nitrogens with one attached hydrogen (secondary N) is 2. The minimum atomic E-state index is -0.399. The Balaban J connectivity index is 1.77. The Labute approximate surface area is 117 Å². The van der Waals surface area contributed by atoms with E-state index in [-0.39, 0.29) is 17.6 Å². The van der Waals surface area contributed by atoms with Crippen LogP contribution in [0.5, 0.6) is 0 Å². The molecule has 1 saturated heterocycles. The fourth-order valence-electron chi connectivity index (χ4n) is 2.65. The maximum Gasteiger partial charge on any atom is 0.294 e. The summed E-state index contributed by atoms with van der Waals surface area (Å²) in [6, 6.07) is -0.399. The van der Waals surface area contributed by atoms with E-state index < -0.39 is 6.04 Å². The van der Waals surface area contributed by atoms with Crippen LogP contribution in [0.15, 0.2) is 0 Å². The predicted molar refractivity (Wildman–Crippen MR) is 71.1 cm³/mol. The molecule has 2 aliphatic rings. The molecular formula is C13H19N5O2. The topological polar surface area (TPSA) is 91.0 Å². The standard InChI is InChI=1S/C13H19N5O2/c1-14-12(19)9-4-2-3-7-18(9)13(20)11-15-10(16-17-11)8-5-6-8/h8-9H,2-7H2,1H3,(H,14,19)(H,15,16,17). The van der Waals surface area contributed by atoms with Crippen molar-refractivity contribution in [1.82, 2.24) is 25.4 Å². The summed E-state index contributed by atoms with van der Waals surface area (Å²) in [5.74, 6) is 1.04. The van der Waals surface area contributed by atoms with Gasteiger partial charge in [0.05, 0.1) is 0 Å². The highest BCUT2D eigenvalue weighted by Crippen LogP contribution is 2.37. The highest BCUT2D eigenvalue weighted by Gasteiger charge is 2.35. The molecule has 1 aliphatic heterocycles. The average molecular weight is 277 g/mol.